The number of para-hydroxylation sites is 1. The summed E-state index contributed by atoms with van der Waals surface area (Å²) in [6.45, 7) is 1.40. The van der Waals surface area contributed by atoms with E-state index >= 15 is 0 Å². The Morgan fingerprint density at radius 3 is 2.70 bits per heavy atom. The molecule has 0 N–H and O–H groups in total. The van der Waals surface area contributed by atoms with Gasteiger partial charge in [0.25, 0.3) is 0 Å². The van der Waals surface area contributed by atoms with Gasteiger partial charge in [0.15, 0.2) is 5.78 Å². The summed E-state index contributed by atoms with van der Waals surface area (Å²) in [4.78, 5) is 14.1. The Morgan fingerprint density at radius 2 is 1.90 bits per heavy atom. The van der Waals surface area contributed by atoms with Crippen LogP contribution in [0.5, 0.6) is 0 Å². The predicted octanol–water partition coefficient (Wildman–Crippen LogP) is 4.59. The number of carbonyl (C=O) groups is 1. The molecule has 2 aromatic carbocycles. The number of benzene rings is 2. The number of carbonyl (C=O) groups excluding carboxylic acids is 1. The van der Waals surface area contributed by atoms with Gasteiger partial charge in [0.2, 0.25) is 0 Å². The minimum atomic E-state index is 0.207. The Balaban J connectivity index is 1.92. The van der Waals surface area contributed by atoms with E-state index in [0.29, 0.717) is 23.0 Å². The van der Waals surface area contributed by atoms with Gasteiger partial charge >= 0.3 is 0 Å². The molecule has 4 heteroatoms. The fourth-order valence-corrected chi connectivity index (χ4v) is 2.96. The molecule has 2 nitrogen and oxygen atoms in total. The van der Waals surface area contributed by atoms with Crippen LogP contribution in [0.4, 0.5) is 5.69 Å². The van der Waals surface area contributed by atoms with Crippen molar-refractivity contribution < 1.29 is 4.79 Å². The average Bonchev–Trinajstić information content (AvgIpc) is 2.45. The third-order valence-corrected chi connectivity index (χ3v) is 4.12. The van der Waals surface area contributed by atoms with Gasteiger partial charge in [-0.25, -0.2) is 0 Å². The highest BCUT2D eigenvalue weighted by molar-refractivity contribution is 6.35. The van der Waals surface area contributed by atoms with Crippen molar-refractivity contribution in [3.8, 4) is 0 Å². The van der Waals surface area contributed by atoms with Crippen LogP contribution in [0.25, 0.3) is 0 Å². The zero-order chi connectivity index (χ0) is 14.1. The maximum Gasteiger partial charge on any atom is 0.166 e. The molecule has 1 aliphatic rings. The van der Waals surface area contributed by atoms with E-state index in [-0.39, 0.29) is 5.78 Å². The van der Waals surface area contributed by atoms with Crippen LogP contribution in [-0.4, -0.2) is 12.3 Å². The van der Waals surface area contributed by atoms with Crippen molar-refractivity contribution in [1.82, 2.24) is 0 Å². The molecule has 0 spiro atoms. The van der Waals surface area contributed by atoms with Gasteiger partial charge in [-0.1, -0.05) is 41.4 Å². The van der Waals surface area contributed by atoms with Gasteiger partial charge in [-0.2, -0.15) is 0 Å². The van der Waals surface area contributed by atoms with E-state index in [1.165, 1.54) is 0 Å². The predicted molar refractivity (Wildman–Crippen MR) is 82.9 cm³/mol. The number of ketones is 1. The van der Waals surface area contributed by atoms with Crippen LogP contribution in [0.2, 0.25) is 10.0 Å². The Bertz CT molecular complexity index is 669. The first-order valence-electron chi connectivity index (χ1n) is 6.46. The highest BCUT2D eigenvalue weighted by Crippen LogP contribution is 2.30. The van der Waals surface area contributed by atoms with Crippen LogP contribution in [0.3, 0.4) is 0 Å². The van der Waals surface area contributed by atoms with Crippen LogP contribution in [-0.2, 0) is 6.54 Å². The first kappa shape index (κ1) is 13.5. The fraction of sp³-hybridized carbons (Fsp3) is 0.188. The SMILES string of the molecule is O=C1CCN(Cc2ccc(Cl)cc2Cl)c2ccccc21. The molecule has 0 saturated heterocycles. The Labute approximate surface area is 127 Å². The molecule has 0 fully saturated rings. The second-order valence-electron chi connectivity index (χ2n) is 4.85. The Hall–Kier alpha value is -1.51. The Kier molecular flexibility index (Phi) is 3.68. The number of hydrogen-bond acceptors (Lipinski definition) is 2. The summed E-state index contributed by atoms with van der Waals surface area (Å²) in [6, 6.07) is 13.2. The van der Waals surface area contributed by atoms with E-state index in [0.717, 1.165) is 23.4 Å². The number of anilines is 1. The molecular weight excluding hydrogens is 293 g/mol. The van der Waals surface area contributed by atoms with Crippen molar-refractivity contribution in [2.75, 3.05) is 11.4 Å². The summed E-state index contributed by atoms with van der Waals surface area (Å²) < 4.78 is 0. The molecule has 0 bridgehead atoms. The van der Waals surface area contributed by atoms with Crippen molar-refractivity contribution >= 4 is 34.7 Å². The van der Waals surface area contributed by atoms with E-state index in [2.05, 4.69) is 4.90 Å². The first-order valence-corrected chi connectivity index (χ1v) is 7.22. The fourth-order valence-electron chi connectivity index (χ4n) is 2.50. The van der Waals surface area contributed by atoms with E-state index < -0.39 is 0 Å². The molecule has 0 saturated carbocycles. The maximum absolute atomic E-state index is 11.9. The van der Waals surface area contributed by atoms with Gasteiger partial charge in [0.1, 0.15) is 0 Å². The largest absolute Gasteiger partial charge is 0.366 e. The summed E-state index contributed by atoms with van der Waals surface area (Å²) in [5.74, 6) is 0.207. The van der Waals surface area contributed by atoms with Crippen LogP contribution in [0, 0.1) is 0 Å². The van der Waals surface area contributed by atoms with Crippen molar-refractivity contribution in [2.24, 2.45) is 0 Å². The number of rotatable bonds is 2. The molecule has 102 valence electrons. The smallest absolute Gasteiger partial charge is 0.166 e. The lowest BCUT2D eigenvalue weighted by Crippen LogP contribution is -2.31. The van der Waals surface area contributed by atoms with Gasteiger partial charge < -0.3 is 4.90 Å². The minimum absolute atomic E-state index is 0.207. The maximum atomic E-state index is 11.9. The van der Waals surface area contributed by atoms with Gasteiger partial charge in [-0.15, -0.1) is 0 Å². The summed E-state index contributed by atoms with van der Waals surface area (Å²) in [6.07, 6.45) is 0.544. The highest BCUT2D eigenvalue weighted by Gasteiger charge is 2.22. The normalized spacial score (nSPS) is 14.3. The minimum Gasteiger partial charge on any atom is -0.366 e. The topological polar surface area (TPSA) is 20.3 Å². The first-order chi connectivity index (χ1) is 9.65. The second kappa shape index (κ2) is 5.47. The van der Waals surface area contributed by atoms with E-state index in [4.69, 9.17) is 23.2 Å². The van der Waals surface area contributed by atoms with Crippen LogP contribution >= 0.6 is 23.2 Å². The van der Waals surface area contributed by atoms with Gasteiger partial charge in [0, 0.05) is 40.8 Å². The van der Waals surface area contributed by atoms with Crippen LogP contribution in [0.15, 0.2) is 42.5 Å². The monoisotopic (exact) mass is 305 g/mol. The van der Waals surface area contributed by atoms with Crippen molar-refractivity contribution in [3.05, 3.63) is 63.6 Å². The quantitative estimate of drug-likeness (QED) is 0.809. The zero-order valence-electron chi connectivity index (χ0n) is 10.8. The average molecular weight is 306 g/mol. The molecule has 2 aromatic rings. The van der Waals surface area contributed by atoms with Gasteiger partial charge in [0.05, 0.1) is 0 Å². The summed E-state index contributed by atoms with van der Waals surface area (Å²) in [5, 5.41) is 1.29. The molecule has 0 aliphatic carbocycles. The standard InChI is InChI=1S/C16H13Cl2NO/c17-12-6-5-11(14(18)9-12)10-19-8-7-16(20)13-3-1-2-4-15(13)19/h1-6,9H,7-8,10H2. The lowest BCUT2D eigenvalue weighted by Gasteiger charge is -2.30. The van der Waals surface area contributed by atoms with Crippen LogP contribution < -0.4 is 4.90 Å². The summed E-state index contributed by atoms with van der Waals surface area (Å²) >= 11 is 12.1. The van der Waals surface area contributed by atoms with E-state index in [1.807, 2.05) is 36.4 Å². The zero-order valence-corrected chi connectivity index (χ0v) is 12.3. The number of hydrogen-bond donors (Lipinski definition) is 0. The third kappa shape index (κ3) is 2.54. The number of halogens is 2. The summed E-state index contributed by atoms with van der Waals surface area (Å²) in [7, 11) is 0. The van der Waals surface area contributed by atoms with Gasteiger partial charge in [-0.3, -0.25) is 4.79 Å². The van der Waals surface area contributed by atoms with Crippen molar-refractivity contribution in [1.29, 1.82) is 0 Å². The molecule has 0 aromatic heterocycles. The van der Waals surface area contributed by atoms with Crippen LogP contribution in [0.1, 0.15) is 22.3 Å². The molecule has 0 radical (unpaired) electrons. The molecule has 0 amide bonds. The van der Waals surface area contributed by atoms with E-state index in [1.54, 1.807) is 6.07 Å². The molecule has 1 heterocycles. The highest BCUT2D eigenvalue weighted by atomic mass is 35.5. The van der Waals surface area contributed by atoms with Gasteiger partial charge in [-0.05, 0) is 29.8 Å². The molecule has 0 atom stereocenters. The number of Topliss-reactive ketones (excluding diaryl/α,β-unsaturated/α-hetero) is 1. The molecular formula is C16H13Cl2NO. The lowest BCUT2D eigenvalue weighted by molar-refractivity contribution is 0.0979. The lowest BCUT2D eigenvalue weighted by atomic mass is 10.00. The molecule has 20 heavy (non-hydrogen) atoms. The molecule has 1 aliphatic heterocycles. The Morgan fingerprint density at radius 1 is 1.10 bits per heavy atom. The number of nitrogens with zero attached hydrogens (tertiary/aromatic N) is 1. The van der Waals surface area contributed by atoms with E-state index in [9.17, 15) is 4.79 Å². The summed E-state index contributed by atoms with van der Waals surface area (Å²) in [5.41, 5.74) is 2.79. The second-order valence-corrected chi connectivity index (χ2v) is 5.69. The van der Waals surface area contributed by atoms with Crippen molar-refractivity contribution in [3.63, 3.8) is 0 Å². The molecule has 0 unspecified atom stereocenters. The molecule has 3 rings (SSSR count). The third-order valence-electron chi connectivity index (χ3n) is 3.53. The van der Waals surface area contributed by atoms with Crippen molar-refractivity contribution in [2.45, 2.75) is 13.0 Å². The number of fused-ring (bicyclic) bond motifs is 1.